The zero-order chi connectivity index (χ0) is 13.3. The maximum atomic E-state index is 11.2. The molecule has 2 unspecified atom stereocenters. The average molecular weight is 251 g/mol. The second kappa shape index (κ2) is 4.86. The number of benzene rings is 1. The molecule has 1 aliphatic heterocycles. The van der Waals surface area contributed by atoms with Crippen molar-refractivity contribution in [3.05, 3.63) is 23.8 Å². The molecule has 0 bridgehead atoms. The summed E-state index contributed by atoms with van der Waals surface area (Å²) in [5.74, 6) is -1.01. The van der Waals surface area contributed by atoms with Crippen molar-refractivity contribution in [3.8, 4) is 11.5 Å². The van der Waals surface area contributed by atoms with Gasteiger partial charge in [0.2, 0.25) is 0 Å². The van der Waals surface area contributed by atoms with Crippen molar-refractivity contribution in [2.24, 2.45) is 5.92 Å². The Kier molecular flexibility index (Phi) is 3.43. The molecule has 5 heteroatoms. The van der Waals surface area contributed by atoms with Crippen LogP contribution in [-0.2, 0) is 11.3 Å². The number of nitrogens with zero attached hydrogens (tertiary/aromatic N) is 1. The second-order valence-corrected chi connectivity index (χ2v) is 4.84. The smallest absolute Gasteiger partial charge is 0.321 e. The van der Waals surface area contributed by atoms with E-state index in [2.05, 4.69) is 0 Å². The quantitative estimate of drug-likeness (QED) is 0.707. The van der Waals surface area contributed by atoms with Gasteiger partial charge in [-0.3, -0.25) is 9.69 Å². The minimum Gasteiger partial charge on any atom is -0.504 e. The number of carboxylic acids is 1. The van der Waals surface area contributed by atoms with Crippen LogP contribution < -0.4 is 0 Å². The molecule has 0 amide bonds. The Morgan fingerprint density at radius 1 is 1.39 bits per heavy atom. The number of carbonyl (C=O) groups is 1. The van der Waals surface area contributed by atoms with Gasteiger partial charge in [0.15, 0.2) is 11.5 Å². The minimum atomic E-state index is -0.803. The molecule has 0 aromatic heterocycles. The van der Waals surface area contributed by atoms with Crippen molar-refractivity contribution in [2.75, 3.05) is 6.54 Å². The molecule has 1 heterocycles. The molecule has 0 spiro atoms. The molecule has 0 radical (unpaired) electrons. The Hall–Kier alpha value is -1.75. The topological polar surface area (TPSA) is 81.0 Å². The first-order valence-corrected chi connectivity index (χ1v) is 5.96. The van der Waals surface area contributed by atoms with Crippen LogP contribution in [-0.4, -0.2) is 38.8 Å². The summed E-state index contributed by atoms with van der Waals surface area (Å²) in [6.45, 7) is 3.14. The SMILES string of the molecule is CC1CCN(Cc2ccc(O)c(O)c2)C1C(=O)O. The Balaban J connectivity index is 2.13. The van der Waals surface area contributed by atoms with Gasteiger partial charge in [-0.2, -0.15) is 0 Å². The van der Waals surface area contributed by atoms with E-state index in [4.69, 9.17) is 0 Å². The maximum Gasteiger partial charge on any atom is 0.321 e. The predicted molar refractivity (Wildman–Crippen MR) is 65.4 cm³/mol. The molecule has 1 aromatic carbocycles. The third-order valence-corrected chi connectivity index (χ3v) is 3.48. The van der Waals surface area contributed by atoms with E-state index in [0.29, 0.717) is 6.54 Å². The van der Waals surface area contributed by atoms with Gasteiger partial charge in [0.25, 0.3) is 0 Å². The molecule has 2 atom stereocenters. The van der Waals surface area contributed by atoms with Gasteiger partial charge < -0.3 is 15.3 Å². The fraction of sp³-hybridized carbons (Fsp3) is 0.462. The highest BCUT2D eigenvalue weighted by Gasteiger charge is 2.36. The second-order valence-electron chi connectivity index (χ2n) is 4.84. The highest BCUT2D eigenvalue weighted by atomic mass is 16.4. The van der Waals surface area contributed by atoms with Gasteiger partial charge in [-0.25, -0.2) is 0 Å². The number of likely N-dealkylation sites (tertiary alicyclic amines) is 1. The van der Waals surface area contributed by atoms with Crippen LogP contribution in [0.4, 0.5) is 0 Å². The third-order valence-electron chi connectivity index (χ3n) is 3.48. The maximum absolute atomic E-state index is 11.2. The van der Waals surface area contributed by atoms with E-state index in [-0.39, 0.29) is 17.4 Å². The van der Waals surface area contributed by atoms with Gasteiger partial charge in [-0.1, -0.05) is 13.0 Å². The molecule has 3 N–H and O–H groups in total. The van der Waals surface area contributed by atoms with Gasteiger partial charge in [0.1, 0.15) is 6.04 Å². The van der Waals surface area contributed by atoms with Crippen LogP contribution in [0, 0.1) is 5.92 Å². The van der Waals surface area contributed by atoms with E-state index < -0.39 is 12.0 Å². The lowest BCUT2D eigenvalue weighted by Gasteiger charge is -2.23. The van der Waals surface area contributed by atoms with Crippen LogP contribution in [0.2, 0.25) is 0 Å². The van der Waals surface area contributed by atoms with Gasteiger partial charge in [-0.15, -0.1) is 0 Å². The first kappa shape index (κ1) is 12.7. The monoisotopic (exact) mass is 251 g/mol. The number of aromatic hydroxyl groups is 2. The number of hydrogen-bond donors (Lipinski definition) is 3. The van der Waals surface area contributed by atoms with Crippen LogP contribution in [0.5, 0.6) is 11.5 Å². The minimum absolute atomic E-state index is 0.133. The van der Waals surface area contributed by atoms with Gasteiger partial charge >= 0.3 is 5.97 Å². The molecule has 1 saturated heterocycles. The summed E-state index contributed by atoms with van der Waals surface area (Å²) in [5.41, 5.74) is 0.797. The fourth-order valence-corrected chi connectivity index (χ4v) is 2.51. The van der Waals surface area contributed by atoms with Crippen LogP contribution in [0.15, 0.2) is 18.2 Å². The number of aliphatic carboxylic acids is 1. The van der Waals surface area contributed by atoms with Crippen molar-refractivity contribution in [3.63, 3.8) is 0 Å². The highest BCUT2D eigenvalue weighted by molar-refractivity contribution is 5.74. The summed E-state index contributed by atoms with van der Waals surface area (Å²) < 4.78 is 0. The zero-order valence-corrected chi connectivity index (χ0v) is 10.2. The molecule has 1 aromatic rings. The molecular weight excluding hydrogens is 234 g/mol. The summed E-state index contributed by atoms with van der Waals surface area (Å²) in [6.07, 6.45) is 0.862. The zero-order valence-electron chi connectivity index (χ0n) is 10.2. The largest absolute Gasteiger partial charge is 0.504 e. The van der Waals surface area contributed by atoms with E-state index in [9.17, 15) is 20.1 Å². The van der Waals surface area contributed by atoms with E-state index in [1.165, 1.54) is 12.1 Å². The average Bonchev–Trinajstić information content (AvgIpc) is 2.65. The van der Waals surface area contributed by atoms with Crippen LogP contribution in [0.3, 0.4) is 0 Å². The summed E-state index contributed by atoms with van der Waals surface area (Å²) in [7, 11) is 0. The van der Waals surface area contributed by atoms with Gasteiger partial charge in [0, 0.05) is 6.54 Å². The van der Waals surface area contributed by atoms with E-state index >= 15 is 0 Å². The molecule has 2 rings (SSSR count). The van der Waals surface area contributed by atoms with E-state index in [1.54, 1.807) is 6.07 Å². The first-order chi connectivity index (χ1) is 8.49. The summed E-state index contributed by atoms with van der Waals surface area (Å²) in [4.78, 5) is 13.1. The summed E-state index contributed by atoms with van der Waals surface area (Å²) in [6, 6.07) is 4.11. The number of phenolic OH excluding ortho intramolecular Hbond substituents is 2. The van der Waals surface area contributed by atoms with Crippen LogP contribution in [0.25, 0.3) is 0 Å². The first-order valence-electron chi connectivity index (χ1n) is 5.96. The molecule has 1 aliphatic rings. The lowest BCUT2D eigenvalue weighted by atomic mass is 10.0. The standard InChI is InChI=1S/C13H17NO4/c1-8-4-5-14(12(8)13(17)18)7-9-2-3-10(15)11(16)6-9/h2-3,6,8,12,15-16H,4-5,7H2,1H3,(H,17,18). The Morgan fingerprint density at radius 3 is 2.72 bits per heavy atom. The molecule has 0 saturated carbocycles. The van der Waals surface area contributed by atoms with Crippen molar-refractivity contribution >= 4 is 5.97 Å². The van der Waals surface area contributed by atoms with Crippen molar-refractivity contribution in [1.29, 1.82) is 0 Å². The van der Waals surface area contributed by atoms with Crippen molar-refractivity contribution < 1.29 is 20.1 Å². The van der Waals surface area contributed by atoms with Crippen molar-refractivity contribution in [1.82, 2.24) is 4.90 Å². The van der Waals surface area contributed by atoms with E-state index in [1.807, 2.05) is 11.8 Å². The lowest BCUT2D eigenvalue weighted by Crippen LogP contribution is -2.38. The number of carboxylic acid groups (broad SMARTS) is 1. The molecule has 5 nitrogen and oxygen atoms in total. The summed E-state index contributed by atoms with van der Waals surface area (Å²) in [5, 5.41) is 27.8. The highest BCUT2D eigenvalue weighted by Crippen LogP contribution is 2.29. The molecule has 98 valence electrons. The van der Waals surface area contributed by atoms with Crippen LogP contribution in [0.1, 0.15) is 18.9 Å². The third kappa shape index (κ3) is 2.41. The molecule has 18 heavy (non-hydrogen) atoms. The van der Waals surface area contributed by atoms with Gasteiger partial charge in [-0.05, 0) is 36.6 Å². The lowest BCUT2D eigenvalue weighted by molar-refractivity contribution is -0.143. The Morgan fingerprint density at radius 2 is 2.11 bits per heavy atom. The normalized spacial score (nSPS) is 24.3. The number of phenols is 2. The van der Waals surface area contributed by atoms with Gasteiger partial charge in [0.05, 0.1) is 0 Å². The molecular formula is C13H17NO4. The van der Waals surface area contributed by atoms with Crippen molar-refractivity contribution in [2.45, 2.75) is 25.9 Å². The predicted octanol–water partition coefficient (Wildman–Crippen LogP) is 1.39. The molecule has 0 aliphatic carbocycles. The van der Waals surface area contributed by atoms with Crippen LogP contribution >= 0.6 is 0 Å². The summed E-state index contributed by atoms with van der Waals surface area (Å²) >= 11 is 0. The fourth-order valence-electron chi connectivity index (χ4n) is 2.51. The number of hydrogen-bond acceptors (Lipinski definition) is 4. The van der Waals surface area contributed by atoms with E-state index in [0.717, 1.165) is 18.5 Å². The number of rotatable bonds is 3. The Labute approximate surface area is 105 Å². The molecule has 1 fully saturated rings. The Bertz CT molecular complexity index is 460.